The predicted octanol–water partition coefficient (Wildman–Crippen LogP) is -2.42. The Labute approximate surface area is 222 Å². The van der Waals surface area contributed by atoms with E-state index in [2.05, 4.69) is 24.7 Å². The maximum atomic E-state index is 13.0. The van der Waals surface area contributed by atoms with E-state index in [1.54, 1.807) is 4.90 Å². The number of azo groups is 1. The number of aliphatic hydroxyl groups is 1. The summed E-state index contributed by atoms with van der Waals surface area (Å²) < 4.78 is 81.2. The van der Waals surface area contributed by atoms with Crippen molar-refractivity contribution in [3.63, 3.8) is 0 Å². The molecule has 3 rings (SSSR count). The molecule has 0 unspecified atom stereocenters. The minimum Gasteiger partial charge on any atom is -0.390 e. The van der Waals surface area contributed by atoms with Crippen molar-refractivity contribution in [2.75, 3.05) is 50.8 Å². The van der Waals surface area contributed by atoms with Crippen LogP contribution in [-0.4, -0.2) is 93.5 Å². The van der Waals surface area contributed by atoms with E-state index >= 15 is 0 Å². The Morgan fingerprint density at radius 2 is 1.74 bits per heavy atom. The number of rotatable bonds is 12. The van der Waals surface area contributed by atoms with Gasteiger partial charge in [-0.3, -0.25) is 0 Å². The standard InChI is InChI=1S/C18H31N9O7S3.CH4/c19-5-6-24-36(31,32)13-3-7-27(8-4-13)14-1-2-15(37(33,34)25-10-12(28)9-20)17(35(21,29)30)16(14)18-22-11-23-26-18;/h1-2,12-13,24-25,28H,3-11,19-20H2,(H2,21,29,30);1H4/t12-;/m1./s1. The molecule has 38 heavy (non-hydrogen) atoms. The molecule has 0 aromatic heterocycles. The summed E-state index contributed by atoms with van der Waals surface area (Å²) >= 11 is 0. The van der Waals surface area contributed by atoms with Gasteiger partial charge in [-0.2, -0.15) is 5.11 Å². The molecule has 0 saturated carbocycles. The topological polar surface area (TPSA) is 265 Å². The van der Waals surface area contributed by atoms with Crippen molar-refractivity contribution in [3.8, 4) is 0 Å². The van der Waals surface area contributed by atoms with Gasteiger partial charge in [0.15, 0.2) is 12.5 Å². The molecule has 1 aromatic carbocycles. The van der Waals surface area contributed by atoms with Gasteiger partial charge in [0.1, 0.15) is 9.79 Å². The van der Waals surface area contributed by atoms with E-state index in [0.29, 0.717) is 0 Å². The summed E-state index contributed by atoms with van der Waals surface area (Å²) in [5.74, 6) is -0.127. The van der Waals surface area contributed by atoms with Gasteiger partial charge in [0.05, 0.1) is 16.9 Å². The molecule has 19 heteroatoms. The van der Waals surface area contributed by atoms with Crippen molar-refractivity contribution < 1.29 is 30.4 Å². The second-order valence-electron chi connectivity index (χ2n) is 8.35. The highest BCUT2D eigenvalue weighted by atomic mass is 32.2. The van der Waals surface area contributed by atoms with Crippen molar-refractivity contribution in [1.82, 2.24) is 9.44 Å². The molecule has 0 bridgehead atoms. The number of aliphatic imine (C=N–C) groups is 1. The van der Waals surface area contributed by atoms with Crippen LogP contribution in [0.25, 0.3) is 0 Å². The molecule has 216 valence electrons. The van der Waals surface area contributed by atoms with Crippen LogP contribution >= 0.6 is 0 Å². The molecular formula is C19H35N9O7S3. The number of nitrogens with zero attached hydrogens (tertiary/aromatic N) is 4. The quantitative estimate of drug-likeness (QED) is 0.148. The lowest BCUT2D eigenvalue weighted by molar-refractivity contribution is 0.186. The van der Waals surface area contributed by atoms with Crippen molar-refractivity contribution in [2.24, 2.45) is 31.8 Å². The zero-order valence-electron chi connectivity index (χ0n) is 19.8. The Hall–Kier alpha value is -2.10. The van der Waals surface area contributed by atoms with Crippen LogP contribution in [0.3, 0.4) is 0 Å². The van der Waals surface area contributed by atoms with Crippen molar-refractivity contribution in [3.05, 3.63) is 17.7 Å². The third-order valence-electron chi connectivity index (χ3n) is 5.80. The first kappa shape index (κ1) is 32.1. The first-order valence-corrected chi connectivity index (χ1v) is 15.8. The van der Waals surface area contributed by atoms with Gasteiger partial charge >= 0.3 is 0 Å². The van der Waals surface area contributed by atoms with E-state index in [-0.39, 0.29) is 76.7 Å². The Morgan fingerprint density at radius 3 is 2.26 bits per heavy atom. The van der Waals surface area contributed by atoms with Gasteiger partial charge in [-0.05, 0) is 25.0 Å². The highest BCUT2D eigenvalue weighted by Gasteiger charge is 2.36. The van der Waals surface area contributed by atoms with Crippen LogP contribution in [0.15, 0.2) is 37.1 Å². The van der Waals surface area contributed by atoms with Crippen LogP contribution in [-0.2, 0) is 30.1 Å². The van der Waals surface area contributed by atoms with E-state index in [9.17, 15) is 30.4 Å². The second kappa shape index (κ2) is 12.8. The van der Waals surface area contributed by atoms with Gasteiger partial charge in [0.25, 0.3) is 0 Å². The molecule has 2 aliphatic heterocycles. The lowest BCUT2D eigenvalue weighted by Crippen LogP contribution is -2.45. The Morgan fingerprint density at radius 1 is 1.08 bits per heavy atom. The number of sulfonamides is 3. The largest absolute Gasteiger partial charge is 0.390 e. The van der Waals surface area contributed by atoms with Gasteiger partial charge in [0.2, 0.25) is 30.1 Å². The van der Waals surface area contributed by atoms with Gasteiger partial charge in [-0.1, -0.05) is 7.43 Å². The summed E-state index contributed by atoms with van der Waals surface area (Å²) in [6, 6.07) is 2.46. The summed E-state index contributed by atoms with van der Waals surface area (Å²) in [6.45, 7) is -0.0826. The summed E-state index contributed by atoms with van der Waals surface area (Å²) in [6.07, 6.45) is -0.760. The molecule has 0 aliphatic carbocycles. The number of hydrogen-bond acceptors (Lipinski definition) is 13. The Bertz CT molecular complexity index is 1370. The summed E-state index contributed by atoms with van der Waals surface area (Å²) in [4.78, 5) is 4.40. The molecule has 1 atom stereocenters. The fourth-order valence-corrected chi connectivity index (χ4v) is 8.11. The van der Waals surface area contributed by atoms with Gasteiger partial charge in [0, 0.05) is 45.0 Å². The zero-order chi connectivity index (χ0) is 27.4. The number of nitrogens with one attached hydrogen (secondary N) is 2. The predicted molar refractivity (Wildman–Crippen MR) is 142 cm³/mol. The Balaban J connectivity index is 0.00000507. The van der Waals surface area contributed by atoms with Crippen LogP contribution in [0.4, 0.5) is 5.69 Å². The number of benzene rings is 1. The van der Waals surface area contributed by atoms with Crippen molar-refractivity contribution in [2.45, 2.75) is 41.4 Å². The van der Waals surface area contributed by atoms with Crippen molar-refractivity contribution >= 4 is 41.6 Å². The van der Waals surface area contributed by atoms with Gasteiger partial charge < -0.3 is 21.5 Å². The maximum absolute atomic E-state index is 13.0. The summed E-state index contributed by atoms with van der Waals surface area (Å²) in [5, 5.41) is 22.1. The van der Waals surface area contributed by atoms with E-state index in [1.807, 2.05) is 0 Å². The highest BCUT2D eigenvalue weighted by molar-refractivity contribution is 7.92. The number of nitrogens with two attached hydrogens (primary N) is 3. The smallest absolute Gasteiger partial charge is 0.242 e. The van der Waals surface area contributed by atoms with E-state index in [4.69, 9.17) is 16.6 Å². The minimum atomic E-state index is -4.67. The first-order valence-electron chi connectivity index (χ1n) is 11.2. The fraction of sp³-hybridized carbons (Fsp3) is 0.632. The van der Waals surface area contributed by atoms with Gasteiger partial charge in [-0.15, -0.1) is 5.11 Å². The van der Waals surface area contributed by atoms with Gasteiger partial charge in [-0.25, -0.2) is 44.8 Å². The van der Waals surface area contributed by atoms with E-state index in [1.165, 1.54) is 6.07 Å². The van der Waals surface area contributed by atoms with Crippen LogP contribution in [0.2, 0.25) is 0 Å². The number of primary sulfonamides is 1. The summed E-state index contributed by atoms with van der Waals surface area (Å²) in [7, 11) is -12.7. The molecule has 1 fully saturated rings. The maximum Gasteiger partial charge on any atom is 0.242 e. The SMILES string of the molecule is C.NCCNS(=O)(=O)C1CCN(c2ccc(S(=O)(=O)NC[C@H](O)CN)c(S(N)(=O)=O)c2C2=NCN=N2)CC1. The fourth-order valence-electron chi connectivity index (χ4n) is 3.98. The zero-order valence-corrected chi connectivity index (χ0v) is 22.3. The molecule has 0 spiro atoms. The number of hydrogen-bond donors (Lipinski definition) is 6. The van der Waals surface area contributed by atoms with Crippen molar-refractivity contribution in [1.29, 1.82) is 0 Å². The van der Waals surface area contributed by atoms with E-state index in [0.717, 1.165) is 6.07 Å². The van der Waals surface area contributed by atoms with Crippen LogP contribution in [0, 0.1) is 0 Å². The van der Waals surface area contributed by atoms with E-state index < -0.39 is 57.8 Å². The number of amidine groups is 1. The molecule has 16 nitrogen and oxygen atoms in total. The number of anilines is 1. The molecule has 1 aromatic rings. The average molecular weight is 598 g/mol. The molecule has 9 N–H and O–H groups in total. The molecule has 0 amide bonds. The third-order valence-corrected chi connectivity index (χ3v) is 10.3. The van der Waals surface area contributed by atoms with Crippen LogP contribution < -0.4 is 31.0 Å². The molecule has 0 radical (unpaired) electrons. The molecule has 1 saturated heterocycles. The highest BCUT2D eigenvalue weighted by Crippen LogP contribution is 2.35. The average Bonchev–Trinajstić information content (AvgIpc) is 3.39. The monoisotopic (exact) mass is 597 g/mol. The third kappa shape index (κ3) is 7.30. The summed E-state index contributed by atoms with van der Waals surface area (Å²) in [5.41, 5.74) is 10.8. The number of piperidine rings is 1. The van der Waals surface area contributed by atoms with Crippen LogP contribution in [0.5, 0.6) is 0 Å². The van der Waals surface area contributed by atoms with Crippen LogP contribution in [0.1, 0.15) is 25.8 Å². The molecular weight excluding hydrogens is 562 g/mol. The lowest BCUT2D eigenvalue weighted by atomic mass is 10.1. The molecule has 2 aliphatic rings. The number of aliphatic hydroxyl groups excluding tert-OH is 1. The second-order valence-corrected chi connectivity index (χ2v) is 13.6. The lowest BCUT2D eigenvalue weighted by Gasteiger charge is -2.35. The molecule has 2 heterocycles. The first-order chi connectivity index (χ1) is 17.3. The minimum absolute atomic E-state index is 0. The normalized spacial score (nSPS) is 17.8. The Kier molecular flexibility index (Phi) is 10.8.